The van der Waals surface area contributed by atoms with Crippen LogP contribution in [0.5, 0.6) is 11.5 Å². The van der Waals surface area contributed by atoms with E-state index in [1.807, 2.05) is 22.8 Å². The number of ether oxygens (including phenoxy) is 1. The molecule has 0 fully saturated rings. The van der Waals surface area contributed by atoms with Gasteiger partial charge in [0.25, 0.3) is 6.33 Å². The van der Waals surface area contributed by atoms with Crippen LogP contribution in [0.3, 0.4) is 0 Å². The van der Waals surface area contributed by atoms with Crippen molar-refractivity contribution in [3.63, 3.8) is 0 Å². The monoisotopic (exact) mass is 1120 g/mol. The van der Waals surface area contributed by atoms with Crippen LogP contribution in [-0.2, 0) is 37.9 Å². The molecule has 3 heterocycles. The number of para-hydroxylation sites is 3. The molecule has 5 heteroatoms. The number of hydrogen-bond donors (Lipinski definition) is 0. The fraction of sp³-hybridized carbons (Fsp3) is 0.377. The summed E-state index contributed by atoms with van der Waals surface area (Å²) >= 11 is 0. The highest BCUT2D eigenvalue weighted by Crippen LogP contribution is 2.52. The van der Waals surface area contributed by atoms with Crippen molar-refractivity contribution in [1.82, 2.24) is 14.1 Å². The highest BCUT2D eigenvalue weighted by atomic mass is 16.5. The molecule has 0 atom stereocenters. The van der Waals surface area contributed by atoms with Crippen LogP contribution in [0.4, 0.5) is 0 Å². The SMILES string of the molecule is [2H]c1c([2H])c2c(c([2H])c1-c1cccc(-c3c([2H])c([2H])c4c(c3[2H])C(C([2H])([2H])[2H])(C([2H])([2H])[2H])C([2H])([2H])C([2H])([2H])C4(C([2H])([2H])[2H])C([2H])([2H])[2H])c1-[n+]1[c-]n(-c3ccc(C([2H])([2H])[2H])c(Oc4ccc5c6cc7c(cc6n(-c6cc(C(C)(C)C)ccn6)c5c4)C(C)(C)CCC7(C)C)c3)c3ccccc31)C(C([2H])([2H])[2H])(C([2H])([2H])[2H])C([2H])([2H])C([2H])([2H])C2(C([2H])([2H])[2H])C([2H])([2H])[2H]. The molecule has 10 aromatic rings. The lowest BCUT2D eigenvalue weighted by atomic mass is 9.62. The molecular weight excluding hydrogens is 997 g/mol. The molecule has 3 aromatic heterocycles. The molecule has 5 nitrogen and oxygen atoms in total. The van der Waals surface area contributed by atoms with Gasteiger partial charge in [0.05, 0.1) is 41.7 Å². The third-order valence-corrected chi connectivity index (χ3v) is 16.4. The number of aryl methyl sites for hydroxylation is 1. The zero-order valence-corrected chi connectivity index (χ0v) is 46.0. The molecular formula is C77H84N4O. The summed E-state index contributed by atoms with van der Waals surface area (Å²) in [4.78, 5) is 4.92. The van der Waals surface area contributed by atoms with E-state index in [1.165, 1.54) is 47.0 Å². The van der Waals surface area contributed by atoms with Crippen molar-refractivity contribution in [2.24, 2.45) is 0 Å². The summed E-state index contributed by atoms with van der Waals surface area (Å²) in [5, 5.41) is 1.62. The van der Waals surface area contributed by atoms with Crippen molar-refractivity contribution in [2.75, 3.05) is 0 Å². The Labute approximate surface area is 546 Å². The van der Waals surface area contributed by atoms with Crippen molar-refractivity contribution in [3.05, 3.63) is 196 Å². The van der Waals surface area contributed by atoms with Gasteiger partial charge < -0.3 is 4.74 Å². The average Bonchev–Trinajstić information content (AvgIpc) is 0.707. The molecule has 0 spiro atoms. The number of pyridine rings is 1. The van der Waals surface area contributed by atoms with Crippen LogP contribution in [0.1, 0.15) is 242 Å². The Kier molecular flexibility index (Phi) is 5.59. The Bertz CT molecular complexity index is 5820. The fourth-order valence-corrected chi connectivity index (χ4v) is 11.7. The lowest BCUT2D eigenvalue weighted by Gasteiger charge is -2.42. The van der Waals surface area contributed by atoms with Crippen LogP contribution < -0.4 is 9.30 Å². The van der Waals surface area contributed by atoms with E-state index in [0.717, 1.165) is 68.6 Å². The Morgan fingerprint density at radius 3 is 1.79 bits per heavy atom. The molecule has 0 amide bonds. The summed E-state index contributed by atoms with van der Waals surface area (Å²) in [6.07, 6.45) is -12.9. The van der Waals surface area contributed by atoms with Crippen molar-refractivity contribution in [2.45, 2.75) is 186 Å². The minimum Gasteiger partial charge on any atom is -0.458 e. The van der Waals surface area contributed by atoms with Gasteiger partial charge in [0, 0.05) is 71.0 Å². The molecule has 0 bridgehead atoms. The van der Waals surface area contributed by atoms with Crippen LogP contribution in [0.25, 0.3) is 72.3 Å². The van der Waals surface area contributed by atoms with Gasteiger partial charge in [0.2, 0.25) is 0 Å². The van der Waals surface area contributed by atoms with Crippen LogP contribution in [0.2, 0.25) is 0 Å². The summed E-state index contributed by atoms with van der Waals surface area (Å²) in [5.41, 5.74) is -29.4. The Balaban J connectivity index is 1.20. The summed E-state index contributed by atoms with van der Waals surface area (Å²) in [5.74, 6) is 0.243. The molecule has 3 aliphatic rings. The van der Waals surface area contributed by atoms with Crippen molar-refractivity contribution in [3.8, 4) is 50.9 Å². The van der Waals surface area contributed by atoms with Gasteiger partial charge in [-0.15, -0.1) is 0 Å². The molecule has 82 heavy (non-hydrogen) atoms. The number of nitrogens with zero attached hydrogens (tertiary/aromatic N) is 4. The number of aromatic nitrogens is 4. The molecule has 0 radical (unpaired) electrons. The van der Waals surface area contributed by atoms with Crippen molar-refractivity contribution >= 4 is 32.8 Å². The van der Waals surface area contributed by atoms with Gasteiger partial charge in [-0.2, -0.15) is 0 Å². The van der Waals surface area contributed by atoms with Gasteiger partial charge >= 0.3 is 0 Å². The molecule has 13 rings (SSSR count). The highest BCUT2D eigenvalue weighted by molar-refractivity contribution is 6.10. The van der Waals surface area contributed by atoms with Crippen LogP contribution in [0.15, 0.2) is 146 Å². The molecule has 0 saturated heterocycles. The lowest BCUT2D eigenvalue weighted by molar-refractivity contribution is -0.571. The summed E-state index contributed by atoms with van der Waals surface area (Å²) in [6.45, 7) is -24.8. The predicted molar refractivity (Wildman–Crippen MR) is 342 cm³/mol. The topological polar surface area (TPSA) is 35.9 Å². The molecule has 0 aliphatic heterocycles. The smallest absolute Gasteiger partial charge is 0.269 e. The van der Waals surface area contributed by atoms with E-state index in [1.54, 1.807) is 18.3 Å². The largest absolute Gasteiger partial charge is 0.458 e. The van der Waals surface area contributed by atoms with Gasteiger partial charge in [-0.3, -0.25) is 13.7 Å². The number of imidazole rings is 1. The van der Waals surface area contributed by atoms with Crippen LogP contribution in [0, 0.1) is 13.2 Å². The first-order chi connectivity index (χ1) is 55.4. The lowest BCUT2D eigenvalue weighted by Crippen LogP contribution is -2.34. The van der Waals surface area contributed by atoms with Crippen LogP contribution >= 0.6 is 0 Å². The zero-order chi connectivity index (χ0) is 92.7. The first-order valence-electron chi connectivity index (χ1n) is 47.3. The molecule has 418 valence electrons. The van der Waals surface area contributed by atoms with E-state index >= 15 is 0 Å². The number of fused-ring (bicyclic) bond motifs is 7. The maximum absolute atomic E-state index is 10.5. The first kappa shape index (κ1) is 24.9. The second-order valence-corrected chi connectivity index (χ2v) is 24.1. The Morgan fingerprint density at radius 1 is 0.585 bits per heavy atom. The maximum Gasteiger partial charge on any atom is 0.269 e. The minimum atomic E-state index is -4.89. The zero-order valence-electron chi connectivity index (χ0n) is 87.0. The summed E-state index contributed by atoms with van der Waals surface area (Å²) < 4.78 is 392. The second-order valence-electron chi connectivity index (χ2n) is 24.1. The third kappa shape index (κ3) is 8.76. The fourth-order valence-electron chi connectivity index (χ4n) is 11.7. The Morgan fingerprint density at radius 2 is 1.18 bits per heavy atom. The number of benzene rings is 7. The Hall–Kier alpha value is -7.24. The molecule has 0 N–H and O–H groups in total. The number of rotatable bonds is 7. The quantitative estimate of drug-likeness (QED) is 0.118. The van der Waals surface area contributed by atoms with E-state index < -0.39 is 201 Å². The molecule has 0 saturated carbocycles. The summed E-state index contributed by atoms with van der Waals surface area (Å²) in [6, 6.07) is 14.4. The van der Waals surface area contributed by atoms with E-state index in [0.29, 0.717) is 11.3 Å². The third-order valence-electron chi connectivity index (χ3n) is 16.4. The van der Waals surface area contributed by atoms with Gasteiger partial charge in [-0.1, -0.05) is 188 Å². The van der Waals surface area contributed by atoms with Crippen LogP contribution in [-0.4, -0.2) is 14.1 Å². The van der Waals surface area contributed by atoms with E-state index in [4.69, 9.17) is 46.7 Å². The van der Waals surface area contributed by atoms with Crippen molar-refractivity contribution < 1.29 is 65.5 Å². The minimum absolute atomic E-state index is 0.0642. The van der Waals surface area contributed by atoms with Gasteiger partial charge in [0.15, 0.2) is 0 Å². The second kappa shape index (κ2) is 18.4. The van der Waals surface area contributed by atoms with Gasteiger partial charge in [-0.25, -0.2) is 4.98 Å². The average molecular weight is 1120 g/mol. The molecule has 7 aromatic carbocycles. The van der Waals surface area contributed by atoms with Crippen molar-refractivity contribution in [1.29, 1.82) is 0 Å². The maximum atomic E-state index is 10.5. The predicted octanol–water partition coefficient (Wildman–Crippen LogP) is 20.0. The van der Waals surface area contributed by atoms with Gasteiger partial charge in [-0.05, 0) is 198 Å². The highest BCUT2D eigenvalue weighted by Gasteiger charge is 2.41. The summed E-state index contributed by atoms with van der Waals surface area (Å²) in [7, 11) is 0. The number of hydrogen-bond acceptors (Lipinski definition) is 2. The van der Waals surface area contributed by atoms with E-state index in [-0.39, 0.29) is 44.5 Å². The standard InChI is InChI=1S/C77H84N4O/c1-48-24-27-52(43-68(48)82-53-28-29-56-57-45-62-63(77(15,16)38-37-76(62,13)14)46-67(57)81(66(56)44-53)69-42-51(32-39-78-69)71(2,3)4)79-47-80(65-23-18-17-22-64(65)79)70-54(49-25-30-58-60(40-49)74(9,10)35-33-72(58,5)6)20-19-21-55(70)50-26-31-59-61(41-50)75(11,12)36-34-73(59,7)8/h17-32,39-46H,33-38H2,1-16H3/i1D3,5D3,6D3,7D3,8D3,9D3,10D3,11D3,12D3,25D,26D,30D,31D,33D2,34D2,35D2,36D2,40D,41D. The molecule has 0 unspecified atom stereocenters. The first-order valence-corrected chi connectivity index (χ1v) is 26.8. The van der Waals surface area contributed by atoms with E-state index in [2.05, 4.69) is 66.9 Å². The van der Waals surface area contributed by atoms with Gasteiger partial charge in [0.1, 0.15) is 17.3 Å². The normalized spacial score (nSPS) is 29.5. The molecule has 3 aliphatic carbocycles. The van der Waals surface area contributed by atoms with E-state index in [9.17, 15) is 19.2 Å².